The first-order valence-electron chi connectivity index (χ1n) is 7.78. The van der Waals surface area contributed by atoms with Crippen LogP contribution in [0.3, 0.4) is 0 Å². The Kier molecular flexibility index (Phi) is 6.06. The van der Waals surface area contributed by atoms with Gasteiger partial charge in [0.2, 0.25) is 0 Å². The fourth-order valence-corrected chi connectivity index (χ4v) is 2.26. The number of hydrogen-bond donors (Lipinski definition) is 1. The molecule has 0 saturated heterocycles. The summed E-state index contributed by atoms with van der Waals surface area (Å²) in [5.74, 6) is -1.00. The number of amides is 1. The minimum atomic E-state index is -0.412. The van der Waals surface area contributed by atoms with Gasteiger partial charge in [-0.2, -0.15) is 5.10 Å². The minimum absolute atomic E-state index is 0.252. The van der Waals surface area contributed by atoms with E-state index in [1.165, 1.54) is 16.9 Å². The van der Waals surface area contributed by atoms with Gasteiger partial charge in [-0.3, -0.25) is 9.59 Å². The highest BCUT2D eigenvalue weighted by Crippen LogP contribution is 2.16. The molecule has 0 atom stereocenters. The van der Waals surface area contributed by atoms with E-state index in [-0.39, 0.29) is 24.0 Å². The smallest absolute Gasteiger partial charge is 0.305 e. The zero-order valence-electron chi connectivity index (χ0n) is 13.7. The second-order valence-corrected chi connectivity index (χ2v) is 5.17. The van der Waals surface area contributed by atoms with E-state index in [1.54, 1.807) is 32.0 Å². The summed E-state index contributed by atoms with van der Waals surface area (Å²) in [7, 11) is 0. The van der Waals surface area contributed by atoms with Crippen molar-refractivity contribution in [2.75, 3.05) is 13.2 Å². The van der Waals surface area contributed by atoms with Crippen molar-refractivity contribution in [1.29, 1.82) is 0 Å². The maximum Gasteiger partial charge on any atom is 0.305 e. The molecule has 1 N–H and O–H groups in total. The number of hydrogen-bond acceptors (Lipinski definition) is 4. The number of benzene rings is 1. The van der Waals surface area contributed by atoms with Crippen molar-refractivity contribution in [3.05, 3.63) is 47.5 Å². The lowest BCUT2D eigenvalue weighted by atomic mass is 10.2. The number of nitrogens with zero attached hydrogens (tertiary/aromatic N) is 2. The van der Waals surface area contributed by atoms with Crippen LogP contribution in [0, 0.1) is 12.7 Å². The Hall–Kier alpha value is -2.70. The van der Waals surface area contributed by atoms with Crippen molar-refractivity contribution in [3.8, 4) is 5.69 Å². The molecule has 128 valence electrons. The van der Waals surface area contributed by atoms with E-state index in [4.69, 9.17) is 4.74 Å². The highest BCUT2D eigenvalue weighted by Gasteiger charge is 2.16. The van der Waals surface area contributed by atoms with Crippen LogP contribution in [0.5, 0.6) is 0 Å². The quantitative estimate of drug-likeness (QED) is 0.624. The molecule has 24 heavy (non-hydrogen) atoms. The predicted octanol–water partition coefficient (Wildman–Crippen LogP) is 2.39. The number of carbonyl (C=O) groups excluding carboxylic acids is 2. The van der Waals surface area contributed by atoms with E-state index in [1.807, 2.05) is 0 Å². The molecular formula is C17H20FN3O3. The number of esters is 1. The van der Waals surface area contributed by atoms with E-state index in [9.17, 15) is 14.0 Å². The van der Waals surface area contributed by atoms with Gasteiger partial charge >= 0.3 is 5.97 Å². The van der Waals surface area contributed by atoms with E-state index >= 15 is 0 Å². The normalized spacial score (nSPS) is 10.5. The molecular weight excluding hydrogens is 313 g/mol. The largest absolute Gasteiger partial charge is 0.466 e. The van der Waals surface area contributed by atoms with Gasteiger partial charge in [-0.1, -0.05) is 12.1 Å². The Labute approximate surface area is 139 Å². The Bertz CT molecular complexity index is 728. The predicted molar refractivity (Wildman–Crippen MR) is 86.5 cm³/mol. The molecule has 1 heterocycles. The number of nitrogens with one attached hydrogen (secondary N) is 1. The van der Waals surface area contributed by atoms with Crippen molar-refractivity contribution in [1.82, 2.24) is 15.1 Å². The monoisotopic (exact) mass is 333 g/mol. The second-order valence-electron chi connectivity index (χ2n) is 5.17. The van der Waals surface area contributed by atoms with E-state index in [2.05, 4.69) is 10.4 Å². The molecule has 7 heteroatoms. The number of rotatable bonds is 7. The summed E-state index contributed by atoms with van der Waals surface area (Å²) in [6.45, 7) is 4.14. The summed E-state index contributed by atoms with van der Waals surface area (Å²) < 4.78 is 20.1. The van der Waals surface area contributed by atoms with Gasteiger partial charge in [-0.25, -0.2) is 9.07 Å². The summed E-state index contributed by atoms with van der Waals surface area (Å²) in [5, 5.41) is 6.81. The number of aromatic nitrogens is 2. The van der Waals surface area contributed by atoms with Gasteiger partial charge in [0.25, 0.3) is 5.91 Å². The molecule has 2 aromatic rings. The van der Waals surface area contributed by atoms with Crippen LogP contribution in [0.2, 0.25) is 0 Å². The van der Waals surface area contributed by atoms with Crippen LogP contribution in [0.25, 0.3) is 5.69 Å². The maximum absolute atomic E-state index is 13.8. The lowest BCUT2D eigenvalue weighted by Crippen LogP contribution is -2.25. The molecule has 0 radical (unpaired) electrons. The summed E-state index contributed by atoms with van der Waals surface area (Å²) >= 11 is 0. The average molecular weight is 333 g/mol. The van der Waals surface area contributed by atoms with Crippen LogP contribution in [0.1, 0.15) is 35.8 Å². The van der Waals surface area contributed by atoms with Gasteiger partial charge in [0, 0.05) is 13.0 Å². The first-order valence-corrected chi connectivity index (χ1v) is 7.78. The number of halogens is 1. The zero-order chi connectivity index (χ0) is 17.5. The zero-order valence-corrected chi connectivity index (χ0v) is 13.7. The molecule has 1 aromatic heterocycles. The third-order valence-corrected chi connectivity index (χ3v) is 3.48. The summed E-state index contributed by atoms with van der Waals surface area (Å²) in [5.41, 5.74) is 1.20. The van der Waals surface area contributed by atoms with Crippen LogP contribution >= 0.6 is 0 Å². The Morgan fingerprint density at radius 2 is 2.08 bits per heavy atom. The van der Waals surface area contributed by atoms with Gasteiger partial charge in [-0.15, -0.1) is 0 Å². The lowest BCUT2D eigenvalue weighted by molar-refractivity contribution is -0.143. The molecule has 0 aliphatic rings. The number of ether oxygens (including phenoxy) is 1. The van der Waals surface area contributed by atoms with Gasteiger partial charge in [0.05, 0.1) is 24.1 Å². The molecule has 0 saturated carbocycles. The lowest BCUT2D eigenvalue weighted by Gasteiger charge is -2.07. The summed E-state index contributed by atoms with van der Waals surface area (Å²) in [6.07, 6.45) is 2.15. The number of carbonyl (C=O) groups is 2. The summed E-state index contributed by atoms with van der Waals surface area (Å²) in [4.78, 5) is 23.4. The minimum Gasteiger partial charge on any atom is -0.466 e. The Morgan fingerprint density at radius 1 is 1.33 bits per heavy atom. The van der Waals surface area contributed by atoms with Gasteiger partial charge in [-0.05, 0) is 32.4 Å². The Balaban J connectivity index is 1.97. The average Bonchev–Trinajstić information content (AvgIpc) is 2.94. The molecule has 0 aliphatic heterocycles. The maximum atomic E-state index is 13.8. The SMILES string of the molecule is CCOC(=O)CCCNC(=O)c1cnn(-c2ccccc2F)c1C. The fourth-order valence-electron chi connectivity index (χ4n) is 2.26. The third-order valence-electron chi connectivity index (χ3n) is 3.48. The molecule has 1 amide bonds. The molecule has 0 fully saturated rings. The van der Waals surface area contributed by atoms with Crippen molar-refractivity contribution >= 4 is 11.9 Å². The molecule has 0 bridgehead atoms. The van der Waals surface area contributed by atoms with Gasteiger partial charge < -0.3 is 10.1 Å². The molecule has 0 spiro atoms. The third kappa shape index (κ3) is 4.18. The first kappa shape index (κ1) is 17.7. The topological polar surface area (TPSA) is 73.2 Å². The number of para-hydroxylation sites is 1. The van der Waals surface area contributed by atoms with E-state index in [0.29, 0.717) is 30.8 Å². The van der Waals surface area contributed by atoms with Gasteiger partial charge in [0.15, 0.2) is 0 Å². The standard InChI is InChI=1S/C17H20FN3O3/c1-3-24-16(22)9-6-10-19-17(23)13-11-20-21(12(13)2)15-8-5-4-7-14(15)18/h4-5,7-8,11H,3,6,9-10H2,1-2H3,(H,19,23). The fraction of sp³-hybridized carbons (Fsp3) is 0.353. The van der Waals surface area contributed by atoms with Crippen molar-refractivity contribution in [2.24, 2.45) is 0 Å². The second kappa shape index (κ2) is 8.24. The van der Waals surface area contributed by atoms with E-state index in [0.717, 1.165) is 0 Å². The molecule has 2 rings (SSSR count). The van der Waals surface area contributed by atoms with Crippen LogP contribution in [0.4, 0.5) is 4.39 Å². The first-order chi connectivity index (χ1) is 11.5. The highest BCUT2D eigenvalue weighted by molar-refractivity contribution is 5.95. The van der Waals surface area contributed by atoms with Crippen LogP contribution < -0.4 is 5.32 Å². The molecule has 1 aromatic carbocycles. The van der Waals surface area contributed by atoms with Gasteiger partial charge in [0.1, 0.15) is 11.5 Å². The van der Waals surface area contributed by atoms with Crippen molar-refractivity contribution in [3.63, 3.8) is 0 Å². The molecule has 0 aliphatic carbocycles. The van der Waals surface area contributed by atoms with E-state index < -0.39 is 5.82 Å². The van der Waals surface area contributed by atoms with Crippen LogP contribution in [-0.4, -0.2) is 34.8 Å². The van der Waals surface area contributed by atoms with Crippen LogP contribution in [0.15, 0.2) is 30.5 Å². The summed E-state index contributed by atoms with van der Waals surface area (Å²) in [6, 6.07) is 6.23. The molecule has 6 nitrogen and oxygen atoms in total. The van der Waals surface area contributed by atoms with Crippen LogP contribution in [-0.2, 0) is 9.53 Å². The Morgan fingerprint density at radius 3 is 2.79 bits per heavy atom. The highest BCUT2D eigenvalue weighted by atomic mass is 19.1. The molecule has 0 unspecified atom stereocenters. The van der Waals surface area contributed by atoms with Crippen molar-refractivity contribution in [2.45, 2.75) is 26.7 Å². The van der Waals surface area contributed by atoms with Crippen molar-refractivity contribution < 1.29 is 18.7 Å².